The van der Waals surface area contributed by atoms with Crippen molar-refractivity contribution in [2.75, 3.05) is 33.5 Å². The maximum atomic E-state index is 15.0. The fourth-order valence-corrected chi connectivity index (χ4v) is 4.61. The van der Waals surface area contributed by atoms with Crippen molar-refractivity contribution < 1.29 is 42.7 Å². The van der Waals surface area contributed by atoms with Crippen LogP contribution in [0.4, 0.5) is 9.18 Å². The van der Waals surface area contributed by atoms with Crippen LogP contribution in [0.2, 0.25) is 0 Å². The summed E-state index contributed by atoms with van der Waals surface area (Å²) in [5, 5.41) is 11.3. The van der Waals surface area contributed by atoms with Gasteiger partial charge in [0.05, 0.1) is 13.7 Å². The maximum Gasteiger partial charge on any atom is 0.508 e. The fourth-order valence-electron chi connectivity index (χ4n) is 4.61. The van der Waals surface area contributed by atoms with Gasteiger partial charge < -0.3 is 33.5 Å². The van der Waals surface area contributed by atoms with E-state index in [1.165, 1.54) is 6.07 Å². The van der Waals surface area contributed by atoms with Crippen LogP contribution in [0.3, 0.4) is 0 Å². The molecule has 1 saturated heterocycles. The number of hydrogen-bond donors (Lipinski definition) is 1. The Labute approximate surface area is 236 Å². The average Bonchev–Trinajstić information content (AvgIpc) is 2.96. The van der Waals surface area contributed by atoms with Crippen molar-refractivity contribution in [3.8, 4) is 5.75 Å². The molecular weight excluding hydrogens is 519 g/mol. The van der Waals surface area contributed by atoms with E-state index in [0.29, 0.717) is 30.8 Å². The van der Waals surface area contributed by atoms with Crippen LogP contribution in [0.15, 0.2) is 42.5 Å². The van der Waals surface area contributed by atoms with Crippen molar-refractivity contribution in [2.45, 2.75) is 83.4 Å². The largest absolute Gasteiger partial charge is 0.508 e. The summed E-state index contributed by atoms with van der Waals surface area (Å²) in [5.74, 6) is 0.390. The van der Waals surface area contributed by atoms with Gasteiger partial charge in [-0.25, -0.2) is 9.18 Å². The third-order valence-corrected chi connectivity index (χ3v) is 6.86. The molecule has 9 heteroatoms. The second kappa shape index (κ2) is 16.5. The van der Waals surface area contributed by atoms with Crippen molar-refractivity contribution in [2.24, 2.45) is 0 Å². The van der Waals surface area contributed by atoms with Gasteiger partial charge in [0.1, 0.15) is 48.7 Å². The van der Waals surface area contributed by atoms with Crippen molar-refractivity contribution in [1.29, 1.82) is 0 Å². The van der Waals surface area contributed by atoms with Gasteiger partial charge in [0.25, 0.3) is 0 Å². The lowest BCUT2D eigenvalue weighted by Gasteiger charge is -2.44. The summed E-state index contributed by atoms with van der Waals surface area (Å²) in [5.41, 5.74) is 2.10. The lowest BCUT2D eigenvalue weighted by atomic mass is 9.89. The highest BCUT2D eigenvalue weighted by Crippen LogP contribution is 2.37. The molecule has 0 aromatic heterocycles. The number of aliphatic hydroxyl groups is 1. The Morgan fingerprint density at radius 1 is 0.950 bits per heavy atom. The first-order chi connectivity index (χ1) is 19.4. The number of ether oxygens (including phenoxy) is 6. The van der Waals surface area contributed by atoms with Gasteiger partial charge in [-0.1, -0.05) is 44.9 Å². The first kappa shape index (κ1) is 31.8. The monoisotopic (exact) mass is 562 g/mol. The lowest BCUT2D eigenvalue weighted by Crippen LogP contribution is -2.57. The third kappa shape index (κ3) is 8.89. The molecule has 3 rings (SSSR count). The molecule has 5 atom stereocenters. The highest BCUT2D eigenvalue weighted by atomic mass is 19.1. The Bertz CT molecular complexity index is 1030. The minimum Gasteiger partial charge on any atom is -0.497 e. The van der Waals surface area contributed by atoms with Gasteiger partial charge in [0.15, 0.2) is 0 Å². The summed E-state index contributed by atoms with van der Waals surface area (Å²) in [4.78, 5) is 11.9. The number of carbonyl (C=O) groups is 1. The van der Waals surface area contributed by atoms with E-state index in [-0.39, 0.29) is 19.0 Å². The molecule has 2 aromatic carbocycles. The van der Waals surface area contributed by atoms with Crippen LogP contribution in [-0.2, 0) is 30.1 Å². The molecule has 8 nitrogen and oxygen atoms in total. The molecular formula is C31H43FO8. The highest BCUT2D eigenvalue weighted by Gasteiger charge is 2.47. The van der Waals surface area contributed by atoms with Gasteiger partial charge in [-0.3, -0.25) is 0 Å². The van der Waals surface area contributed by atoms with Crippen LogP contribution in [0.5, 0.6) is 5.75 Å². The van der Waals surface area contributed by atoms with Crippen LogP contribution in [-0.4, -0.2) is 69.2 Å². The predicted octanol–water partition coefficient (Wildman–Crippen LogP) is 5.77. The van der Waals surface area contributed by atoms with Crippen LogP contribution in [0, 0.1) is 5.82 Å². The number of carbonyl (C=O) groups excluding carboxylic acids is 1. The standard InChI is InChI=1S/C31H43FO8/c1-5-8-16-37-29-27(33)26(20-39-31(34)36-7-3)40-28(30(29)38-17-9-6-2)22-12-15-25(32)23(19-22)18-21-10-13-24(35-4)14-11-21/h10-15,19,26-30,33H,5-9,16-18,20H2,1-4H3. The normalized spacial score (nSPS) is 22.6. The number of benzene rings is 2. The number of unbranched alkanes of at least 4 members (excludes halogenated alkanes) is 2. The zero-order chi connectivity index (χ0) is 28.9. The molecule has 0 radical (unpaired) electrons. The molecule has 1 N–H and O–H groups in total. The Balaban J connectivity index is 1.92. The molecule has 2 aromatic rings. The quantitative estimate of drug-likeness (QED) is 0.216. The minimum absolute atomic E-state index is 0.165. The van der Waals surface area contributed by atoms with E-state index in [9.17, 15) is 14.3 Å². The average molecular weight is 563 g/mol. The van der Waals surface area contributed by atoms with E-state index in [1.54, 1.807) is 26.2 Å². The SMILES string of the molecule is CCCCOC1C(c2ccc(F)c(Cc3ccc(OC)cc3)c2)OC(COC(=O)OCC)C(O)C1OCCCC. The number of aliphatic hydroxyl groups excluding tert-OH is 1. The summed E-state index contributed by atoms with van der Waals surface area (Å²) in [7, 11) is 1.60. The first-order valence-corrected chi connectivity index (χ1v) is 14.2. The van der Waals surface area contributed by atoms with Crippen molar-refractivity contribution in [1.82, 2.24) is 0 Å². The van der Waals surface area contributed by atoms with Gasteiger partial charge in [-0.15, -0.1) is 0 Å². The fraction of sp³-hybridized carbons (Fsp3) is 0.581. The minimum atomic E-state index is -1.12. The molecule has 1 heterocycles. The van der Waals surface area contributed by atoms with Crippen LogP contribution in [0.25, 0.3) is 0 Å². The zero-order valence-electron chi connectivity index (χ0n) is 24.0. The summed E-state index contributed by atoms with van der Waals surface area (Å²) < 4.78 is 49.1. The molecule has 0 bridgehead atoms. The Hall–Kier alpha value is -2.72. The van der Waals surface area contributed by atoms with Gasteiger partial charge in [-0.2, -0.15) is 0 Å². The number of rotatable bonds is 15. The van der Waals surface area contributed by atoms with Gasteiger partial charge in [-0.05, 0) is 60.7 Å². The molecule has 222 valence electrons. The van der Waals surface area contributed by atoms with E-state index in [2.05, 4.69) is 13.8 Å². The zero-order valence-corrected chi connectivity index (χ0v) is 24.0. The predicted molar refractivity (Wildman–Crippen MR) is 148 cm³/mol. The molecule has 1 fully saturated rings. The number of methoxy groups -OCH3 is 1. The Kier molecular flexibility index (Phi) is 13.1. The number of halogens is 1. The maximum absolute atomic E-state index is 15.0. The Morgan fingerprint density at radius 3 is 2.25 bits per heavy atom. The summed E-state index contributed by atoms with van der Waals surface area (Å²) in [6, 6.07) is 12.3. The molecule has 0 aliphatic carbocycles. The second-order valence-corrected chi connectivity index (χ2v) is 9.83. The van der Waals surface area contributed by atoms with E-state index in [0.717, 1.165) is 37.0 Å². The molecule has 5 unspecified atom stereocenters. The van der Waals surface area contributed by atoms with Crippen molar-refractivity contribution in [3.63, 3.8) is 0 Å². The molecule has 0 spiro atoms. The first-order valence-electron chi connectivity index (χ1n) is 14.2. The molecule has 0 amide bonds. The highest BCUT2D eigenvalue weighted by molar-refractivity contribution is 5.59. The van der Waals surface area contributed by atoms with E-state index in [4.69, 9.17) is 28.4 Å². The molecule has 1 aliphatic heterocycles. The van der Waals surface area contributed by atoms with E-state index >= 15 is 0 Å². The molecule has 0 saturated carbocycles. The van der Waals surface area contributed by atoms with Gasteiger partial charge >= 0.3 is 6.16 Å². The van der Waals surface area contributed by atoms with E-state index in [1.807, 2.05) is 24.3 Å². The van der Waals surface area contributed by atoms with Crippen LogP contribution < -0.4 is 4.74 Å². The van der Waals surface area contributed by atoms with Crippen LogP contribution in [0.1, 0.15) is 69.2 Å². The summed E-state index contributed by atoms with van der Waals surface area (Å²) in [6.07, 6.45) is -1.11. The van der Waals surface area contributed by atoms with E-state index < -0.39 is 36.7 Å². The van der Waals surface area contributed by atoms with Crippen molar-refractivity contribution >= 4 is 6.16 Å². The summed E-state index contributed by atoms with van der Waals surface area (Å²) in [6.45, 7) is 6.61. The lowest BCUT2D eigenvalue weighted by molar-refractivity contribution is -0.256. The van der Waals surface area contributed by atoms with Gasteiger partial charge in [0.2, 0.25) is 0 Å². The van der Waals surface area contributed by atoms with Gasteiger partial charge in [0, 0.05) is 19.6 Å². The topological polar surface area (TPSA) is 92.7 Å². The smallest absolute Gasteiger partial charge is 0.497 e. The number of hydrogen-bond acceptors (Lipinski definition) is 8. The van der Waals surface area contributed by atoms with Crippen LogP contribution >= 0.6 is 0 Å². The summed E-state index contributed by atoms with van der Waals surface area (Å²) >= 11 is 0. The second-order valence-electron chi connectivity index (χ2n) is 9.83. The Morgan fingerprint density at radius 2 is 1.62 bits per heavy atom. The van der Waals surface area contributed by atoms with Crippen molar-refractivity contribution in [3.05, 3.63) is 65.0 Å². The third-order valence-electron chi connectivity index (χ3n) is 6.86. The molecule has 40 heavy (non-hydrogen) atoms. The molecule has 1 aliphatic rings.